The zero-order valence-corrected chi connectivity index (χ0v) is 32.1. The molecule has 2 atom stereocenters. The number of carbonyl (C=O) groups excluding carboxylic acids is 1. The van der Waals surface area contributed by atoms with Crippen molar-refractivity contribution in [3.63, 3.8) is 0 Å². The van der Waals surface area contributed by atoms with E-state index in [2.05, 4.69) is 31.3 Å². The first-order valence-electron chi connectivity index (χ1n) is 21.4. The van der Waals surface area contributed by atoms with Gasteiger partial charge in [-0.2, -0.15) is 0 Å². The van der Waals surface area contributed by atoms with E-state index in [0.29, 0.717) is 12.8 Å². The van der Waals surface area contributed by atoms with Crippen LogP contribution in [0.5, 0.6) is 0 Å². The van der Waals surface area contributed by atoms with E-state index in [1.165, 1.54) is 186 Å². The molecule has 0 saturated heterocycles. The van der Waals surface area contributed by atoms with E-state index in [4.69, 9.17) is 0 Å². The molecule has 0 aromatic carbocycles. The fraction of sp³-hybridized carbons (Fsp3) is 0.930. The Balaban J connectivity index is 3.39. The number of hydrogen-bond donors (Lipinski definition) is 3. The van der Waals surface area contributed by atoms with Crippen LogP contribution in [-0.4, -0.2) is 34.9 Å². The normalized spacial score (nSPS) is 13.0. The summed E-state index contributed by atoms with van der Waals surface area (Å²) in [6, 6.07) is -0.529. The van der Waals surface area contributed by atoms with Gasteiger partial charge in [0.2, 0.25) is 5.91 Å². The Bertz CT molecular complexity index is 637. The van der Waals surface area contributed by atoms with Crippen LogP contribution in [0.3, 0.4) is 0 Å². The van der Waals surface area contributed by atoms with Crippen molar-refractivity contribution in [3.8, 4) is 0 Å². The Morgan fingerprint density at radius 2 is 0.809 bits per heavy atom. The topological polar surface area (TPSA) is 69.6 Å². The minimum absolute atomic E-state index is 0.0317. The SMILES string of the molecule is CCCCCCCCCC/C=C\CCCCCCCCCCCCCCCCCC(=O)NC(CO)C(O)CCCCCCCCCC. The second kappa shape index (κ2) is 39.6. The van der Waals surface area contributed by atoms with Gasteiger partial charge in [0.1, 0.15) is 0 Å². The molecule has 1 amide bonds. The highest BCUT2D eigenvalue weighted by Gasteiger charge is 2.19. The number of aliphatic hydroxyl groups is 2. The molecule has 4 heteroatoms. The summed E-state index contributed by atoms with van der Waals surface area (Å²) in [6.45, 7) is 4.34. The Morgan fingerprint density at radius 3 is 1.17 bits per heavy atom. The quantitative estimate of drug-likeness (QED) is 0.0453. The van der Waals surface area contributed by atoms with Gasteiger partial charge in [0.25, 0.3) is 0 Å². The largest absolute Gasteiger partial charge is 0.394 e. The molecule has 0 heterocycles. The highest BCUT2D eigenvalue weighted by molar-refractivity contribution is 5.76. The number of unbranched alkanes of at least 4 members (excludes halogenated alkanes) is 30. The molecule has 47 heavy (non-hydrogen) atoms. The van der Waals surface area contributed by atoms with Crippen LogP contribution < -0.4 is 5.32 Å². The lowest BCUT2D eigenvalue weighted by molar-refractivity contribution is -0.123. The maximum absolute atomic E-state index is 12.3. The summed E-state index contributed by atoms with van der Waals surface area (Å²) in [7, 11) is 0. The predicted molar refractivity (Wildman–Crippen MR) is 207 cm³/mol. The molecular formula is C43H85NO3. The molecule has 0 bridgehead atoms. The monoisotopic (exact) mass is 664 g/mol. The Kier molecular flexibility index (Phi) is 38.8. The minimum atomic E-state index is -0.652. The molecule has 0 spiro atoms. The minimum Gasteiger partial charge on any atom is -0.394 e. The van der Waals surface area contributed by atoms with Gasteiger partial charge in [0.05, 0.1) is 18.8 Å². The van der Waals surface area contributed by atoms with Crippen molar-refractivity contribution >= 4 is 5.91 Å². The van der Waals surface area contributed by atoms with Crippen molar-refractivity contribution in [1.82, 2.24) is 5.32 Å². The van der Waals surface area contributed by atoms with Crippen molar-refractivity contribution in [2.24, 2.45) is 0 Å². The maximum atomic E-state index is 12.3. The van der Waals surface area contributed by atoms with E-state index in [1.807, 2.05) is 0 Å². The van der Waals surface area contributed by atoms with E-state index >= 15 is 0 Å². The third-order valence-corrected chi connectivity index (χ3v) is 10.0. The number of aliphatic hydroxyl groups excluding tert-OH is 2. The first-order valence-corrected chi connectivity index (χ1v) is 21.4. The van der Waals surface area contributed by atoms with Crippen LogP contribution in [0, 0.1) is 0 Å². The van der Waals surface area contributed by atoms with Crippen molar-refractivity contribution in [1.29, 1.82) is 0 Å². The van der Waals surface area contributed by atoms with Crippen LogP contribution in [0.2, 0.25) is 0 Å². The van der Waals surface area contributed by atoms with E-state index in [1.54, 1.807) is 0 Å². The lowest BCUT2D eigenvalue weighted by Gasteiger charge is -2.22. The molecule has 0 aliphatic rings. The predicted octanol–water partition coefficient (Wildman–Crippen LogP) is 13.1. The van der Waals surface area contributed by atoms with Crippen LogP contribution in [0.4, 0.5) is 0 Å². The van der Waals surface area contributed by atoms with Gasteiger partial charge in [-0.1, -0.05) is 206 Å². The van der Waals surface area contributed by atoms with Gasteiger partial charge in [0, 0.05) is 6.42 Å². The van der Waals surface area contributed by atoms with Gasteiger partial charge < -0.3 is 15.5 Å². The third kappa shape index (κ3) is 36.2. The molecule has 3 N–H and O–H groups in total. The number of amides is 1. The van der Waals surface area contributed by atoms with Crippen LogP contribution in [0.1, 0.15) is 239 Å². The second-order valence-corrected chi connectivity index (χ2v) is 14.8. The molecule has 0 aliphatic heterocycles. The smallest absolute Gasteiger partial charge is 0.220 e. The molecule has 0 radical (unpaired) electrons. The number of nitrogens with one attached hydrogen (secondary N) is 1. The fourth-order valence-corrected chi connectivity index (χ4v) is 6.71. The van der Waals surface area contributed by atoms with Gasteiger partial charge in [-0.3, -0.25) is 4.79 Å². The van der Waals surface area contributed by atoms with Crippen molar-refractivity contribution in [3.05, 3.63) is 12.2 Å². The molecule has 0 rings (SSSR count). The summed E-state index contributed by atoms with van der Waals surface area (Å²) < 4.78 is 0. The average molecular weight is 664 g/mol. The van der Waals surface area contributed by atoms with E-state index in [0.717, 1.165) is 25.7 Å². The number of allylic oxidation sites excluding steroid dienone is 2. The number of carbonyl (C=O) groups is 1. The molecule has 280 valence electrons. The summed E-state index contributed by atoms with van der Waals surface area (Å²) in [6.07, 6.45) is 48.8. The molecule has 0 aromatic heterocycles. The van der Waals surface area contributed by atoms with Crippen LogP contribution in [-0.2, 0) is 4.79 Å². The molecule has 2 unspecified atom stereocenters. The molecule has 0 aliphatic carbocycles. The Morgan fingerprint density at radius 1 is 0.489 bits per heavy atom. The van der Waals surface area contributed by atoms with Crippen molar-refractivity contribution in [2.75, 3.05) is 6.61 Å². The lowest BCUT2D eigenvalue weighted by Crippen LogP contribution is -2.45. The first-order chi connectivity index (χ1) is 23.2. The number of rotatable bonds is 39. The van der Waals surface area contributed by atoms with Crippen LogP contribution >= 0.6 is 0 Å². The second-order valence-electron chi connectivity index (χ2n) is 14.8. The molecule has 0 aromatic rings. The van der Waals surface area contributed by atoms with Gasteiger partial charge in [-0.25, -0.2) is 0 Å². The molecule has 0 saturated carbocycles. The summed E-state index contributed by atoms with van der Waals surface area (Å²) in [5, 5.41) is 23.0. The zero-order chi connectivity index (χ0) is 34.3. The van der Waals surface area contributed by atoms with E-state index in [-0.39, 0.29) is 12.5 Å². The van der Waals surface area contributed by atoms with E-state index < -0.39 is 12.1 Å². The molecule has 0 fully saturated rings. The van der Waals surface area contributed by atoms with Gasteiger partial charge in [-0.15, -0.1) is 0 Å². The third-order valence-electron chi connectivity index (χ3n) is 10.0. The van der Waals surface area contributed by atoms with Gasteiger partial charge in [-0.05, 0) is 38.5 Å². The average Bonchev–Trinajstić information content (AvgIpc) is 3.07. The summed E-state index contributed by atoms with van der Waals surface area (Å²) in [5.74, 6) is -0.0317. The first kappa shape index (κ1) is 46.1. The molecular weight excluding hydrogens is 578 g/mol. The van der Waals surface area contributed by atoms with Crippen LogP contribution in [0.25, 0.3) is 0 Å². The fourth-order valence-electron chi connectivity index (χ4n) is 6.71. The highest BCUT2D eigenvalue weighted by Crippen LogP contribution is 2.16. The highest BCUT2D eigenvalue weighted by atomic mass is 16.3. The Hall–Kier alpha value is -0.870. The number of hydrogen-bond acceptors (Lipinski definition) is 3. The van der Waals surface area contributed by atoms with Crippen molar-refractivity contribution < 1.29 is 15.0 Å². The van der Waals surface area contributed by atoms with Gasteiger partial charge in [0.15, 0.2) is 0 Å². The summed E-state index contributed by atoms with van der Waals surface area (Å²) in [5.41, 5.74) is 0. The summed E-state index contributed by atoms with van der Waals surface area (Å²) in [4.78, 5) is 12.3. The summed E-state index contributed by atoms with van der Waals surface area (Å²) >= 11 is 0. The van der Waals surface area contributed by atoms with E-state index in [9.17, 15) is 15.0 Å². The lowest BCUT2D eigenvalue weighted by atomic mass is 10.0. The Labute approximate surface area is 295 Å². The van der Waals surface area contributed by atoms with Gasteiger partial charge >= 0.3 is 0 Å². The van der Waals surface area contributed by atoms with Crippen molar-refractivity contribution in [2.45, 2.75) is 251 Å². The maximum Gasteiger partial charge on any atom is 0.220 e. The zero-order valence-electron chi connectivity index (χ0n) is 32.1. The van der Waals surface area contributed by atoms with Crippen LogP contribution in [0.15, 0.2) is 12.2 Å². The standard InChI is InChI=1S/C43H85NO3/c1-3-5-7-9-11-13-14-15-16-17-18-19-20-21-22-23-24-25-26-27-28-29-30-31-33-35-37-39-43(47)44-41(40-45)42(46)38-36-34-32-12-10-8-6-4-2/h17-18,41-42,45-46H,3-16,19-40H2,1-2H3,(H,44,47)/b18-17-. The molecule has 4 nitrogen and oxygen atoms in total.